The number of nitrogens with zero attached hydrogens (tertiary/aromatic N) is 2. The first-order chi connectivity index (χ1) is 10.2. The van der Waals surface area contributed by atoms with Gasteiger partial charge in [0.1, 0.15) is 0 Å². The first kappa shape index (κ1) is 13.6. The molecule has 6 nitrogen and oxygen atoms in total. The molecule has 0 atom stereocenters. The Balaban J connectivity index is 1.77. The molecule has 1 aliphatic rings. The fourth-order valence-electron chi connectivity index (χ4n) is 2.67. The second-order valence-electron chi connectivity index (χ2n) is 5.33. The molecular weight excluding hydrogens is 268 g/mol. The standard InChI is InChI=1S/C15H18N4O2/c20-14(16-11-7-3-1-4-8-11)13-17-15(21)19(18-13)12-9-5-2-6-10-12/h2,5-6,9-11H,1,3-4,7-8H2,(H,16,20)(H,17,18,21). The molecule has 3 rings (SSSR count). The number of H-pyrrole nitrogens is 1. The topological polar surface area (TPSA) is 79.8 Å². The molecule has 1 fully saturated rings. The van der Waals surface area contributed by atoms with E-state index >= 15 is 0 Å². The molecule has 1 aromatic carbocycles. The molecule has 0 bridgehead atoms. The first-order valence-electron chi connectivity index (χ1n) is 7.29. The molecule has 0 radical (unpaired) electrons. The number of para-hydroxylation sites is 1. The maximum atomic E-state index is 12.2. The predicted octanol–water partition coefficient (Wildman–Crippen LogP) is 1.62. The van der Waals surface area contributed by atoms with Gasteiger partial charge < -0.3 is 5.32 Å². The minimum atomic E-state index is -0.407. The summed E-state index contributed by atoms with van der Waals surface area (Å²) in [6.45, 7) is 0. The summed E-state index contributed by atoms with van der Waals surface area (Å²) in [5.41, 5.74) is 0.227. The Bertz CT molecular complexity index is 668. The summed E-state index contributed by atoms with van der Waals surface area (Å²) in [5, 5.41) is 7.02. The van der Waals surface area contributed by atoms with Crippen molar-refractivity contribution in [2.24, 2.45) is 0 Å². The number of amides is 1. The lowest BCUT2D eigenvalue weighted by Gasteiger charge is -2.21. The molecule has 2 aromatic rings. The van der Waals surface area contributed by atoms with E-state index < -0.39 is 5.69 Å². The summed E-state index contributed by atoms with van der Waals surface area (Å²) in [6, 6.07) is 9.22. The normalized spacial score (nSPS) is 15.8. The smallest absolute Gasteiger partial charge is 0.347 e. The summed E-state index contributed by atoms with van der Waals surface area (Å²) in [7, 11) is 0. The van der Waals surface area contributed by atoms with Crippen molar-refractivity contribution in [3.63, 3.8) is 0 Å². The molecule has 1 amide bonds. The second kappa shape index (κ2) is 5.95. The molecule has 2 N–H and O–H groups in total. The minimum Gasteiger partial charge on any atom is -0.347 e. The van der Waals surface area contributed by atoms with Crippen LogP contribution in [0, 0.1) is 0 Å². The number of carbonyl (C=O) groups excluding carboxylic acids is 1. The van der Waals surface area contributed by atoms with E-state index in [1.807, 2.05) is 18.2 Å². The van der Waals surface area contributed by atoms with E-state index in [2.05, 4.69) is 15.4 Å². The fraction of sp³-hybridized carbons (Fsp3) is 0.400. The van der Waals surface area contributed by atoms with Crippen molar-refractivity contribution in [3.05, 3.63) is 46.6 Å². The van der Waals surface area contributed by atoms with Crippen LogP contribution in [-0.4, -0.2) is 26.7 Å². The number of aromatic amines is 1. The van der Waals surface area contributed by atoms with Gasteiger partial charge in [0.15, 0.2) is 0 Å². The third-order valence-corrected chi connectivity index (χ3v) is 3.77. The summed E-state index contributed by atoms with van der Waals surface area (Å²) in [5.74, 6) is -0.247. The number of nitrogens with one attached hydrogen (secondary N) is 2. The Hall–Kier alpha value is -2.37. The number of benzene rings is 1. The van der Waals surface area contributed by atoms with Crippen molar-refractivity contribution in [1.29, 1.82) is 0 Å². The minimum absolute atomic E-state index is 0.0643. The van der Waals surface area contributed by atoms with Crippen LogP contribution < -0.4 is 11.0 Å². The van der Waals surface area contributed by atoms with Crippen molar-refractivity contribution in [2.75, 3.05) is 0 Å². The molecule has 1 aliphatic carbocycles. The van der Waals surface area contributed by atoms with Crippen molar-refractivity contribution in [2.45, 2.75) is 38.1 Å². The third kappa shape index (κ3) is 3.04. The molecular formula is C15H18N4O2. The van der Waals surface area contributed by atoms with Gasteiger partial charge in [0, 0.05) is 6.04 Å². The fourth-order valence-corrected chi connectivity index (χ4v) is 2.67. The second-order valence-corrected chi connectivity index (χ2v) is 5.33. The summed E-state index contributed by atoms with van der Waals surface area (Å²) >= 11 is 0. The third-order valence-electron chi connectivity index (χ3n) is 3.77. The number of hydrogen-bond donors (Lipinski definition) is 2. The number of aromatic nitrogens is 3. The van der Waals surface area contributed by atoms with Gasteiger partial charge in [0.25, 0.3) is 5.91 Å². The van der Waals surface area contributed by atoms with Gasteiger partial charge in [-0.1, -0.05) is 37.5 Å². The van der Waals surface area contributed by atoms with Crippen molar-refractivity contribution in [3.8, 4) is 5.69 Å². The Labute approximate surface area is 122 Å². The lowest BCUT2D eigenvalue weighted by molar-refractivity contribution is 0.0917. The molecule has 0 saturated heterocycles. The van der Waals surface area contributed by atoms with E-state index in [1.165, 1.54) is 11.1 Å². The molecule has 6 heteroatoms. The highest BCUT2D eigenvalue weighted by atomic mass is 16.2. The van der Waals surface area contributed by atoms with Crippen LogP contribution in [0.4, 0.5) is 0 Å². The van der Waals surface area contributed by atoms with Gasteiger partial charge >= 0.3 is 5.69 Å². The van der Waals surface area contributed by atoms with Crippen LogP contribution in [0.3, 0.4) is 0 Å². The highest BCUT2D eigenvalue weighted by Gasteiger charge is 2.19. The van der Waals surface area contributed by atoms with Crippen molar-refractivity contribution >= 4 is 5.91 Å². The van der Waals surface area contributed by atoms with E-state index in [0.29, 0.717) is 5.69 Å². The number of hydrogen-bond acceptors (Lipinski definition) is 3. The Morgan fingerprint density at radius 2 is 1.90 bits per heavy atom. The average Bonchev–Trinajstić information content (AvgIpc) is 2.91. The maximum absolute atomic E-state index is 12.2. The van der Waals surface area contributed by atoms with Crippen molar-refractivity contribution < 1.29 is 4.79 Å². The molecule has 110 valence electrons. The van der Waals surface area contributed by atoms with Crippen LogP contribution in [-0.2, 0) is 0 Å². The highest BCUT2D eigenvalue weighted by Crippen LogP contribution is 2.17. The maximum Gasteiger partial charge on any atom is 0.348 e. The van der Waals surface area contributed by atoms with E-state index in [9.17, 15) is 9.59 Å². The van der Waals surface area contributed by atoms with Gasteiger partial charge in [0.05, 0.1) is 5.69 Å². The van der Waals surface area contributed by atoms with Crippen LogP contribution in [0.25, 0.3) is 5.69 Å². The Kier molecular flexibility index (Phi) is 3.85. The Morgan fingerprint density at radius 1 is 1.19 bits per heavy atom. The monoisotopic (exact) mass is 286 g/mol. The van der Waals surface area contributed by atoms with Gasteiger partial charge in [-0.25, -0.2) is 4.79 Å². The van der Waals surface area contributed by atoms with Crippen LogP contribution in [0.5, 0.6) is 0 Å². The molecule has 0 aliphatic heterocycles. The molecule has 1 aromatic heterocycles. The van der Waals surface area contributed by atoms with Gasteiger partial charge in [-0.05, 0) is 25.0 Å². The van der Waals surface area contributed by atoms with Crippen LogP contribution >= 0.6 is 0 Å². The summed E-state index contributed by atoms with van der Waals surface area (Å²) in [6.07, 6.45) is 5.50. The zero-order valence-electron chi connectivity index (χ0n) is 11.7. The van der Waals surface area contributed by atoms with Gasteiger partial charge in [-0.15, -0.1) is 5.10 Å². The summed E-state index contributed by atoms with van der Waals surface area (Å²) in [4.78, 5) is 26.6. The highest BCUT2D eigenvalue weighted by molar-refractivity contribution is 5.90. The van der Waals surface area contributed by atoms with E-state index in [1.54, 1.807) is 12.1 Å². The molecule has 21 heavy (non-hydrogen) atoms. The van der Waals surface area contributed by atoms with Gasteiger partial charge in [0.2, 0.25) is 5.82 Å². The summed E-state index contributed by atoms with van der Waals surface area (Å²) < 4.78 is 1.20. The molecule has 0 spiro atoms. The quantitative estimate of drug-likeness (QED) is 0.900. The zero-order chi connectivity index (χ0) is 14.7. The molecule has 1 saturated carbocycles. The lowest BCUT2D eigenvalue weighted by atomic mass is 9.95. The van der Waals surface area contributed by atoms with E-state index in [0.717, 1.165) is 25.7 Å². The van der Waals surface area contributed by atoms with Gasteiger partial charge in [-0.3, -0.25) is 9.78 Å². The molecule has 1 heterocycles. The first-order valence-corrected chi connectivity index (χ1v) is 7.29. The average molecular weight is 286 g/mol. The van der Waals surface area contributed by atoms with Crippen LogP contribution in [0.2, 0.25) is 0 Å². The Morgan fingerprint density at radius 3 is 2.62 bits per heavy atom. The van der Waals surface area contributed by atoms with Gasteiger partial charge in [-0.2, -0.15) is 4.68 Å². The number of rotatable bonds is 3. The van der Waals surface area contributed by atoms with E-state index in [4.69, 9.17) is 0 Å². The SMILES string of the molecule is O=C(NC1CCCCC1)c1nn(-c2ccccc2)c(=O)[nH]1. The largest absolute Gasteiger partial charge is 0.348 e. The zero-order valence-corrected chi connectivity index (χ0v) is 11.7. The molecule has 0 unspecified atom stereocenters. The predicted molar refractivity (Wildman–Crippen MR) is 78.5 cm³/mol. The van der Waals surface area contributed by atoms with Crippen molar-refractivity contribution in [1.82, 2.24) is 20.1 Å². The lowest BCUT2D eigenvalue weighted by Crippen LogP contribution is -2.36. The van der Waals surface area contributed by atoms with E-state index in [-0.39, 0.29) is 17.8 Å². The number of carbonyl (C=O) groups is 1. The van der Waals surface area contributed by atoms with Crippen LogP contribution in [0.15, 0.2) is 35.1 Å². The van der Waals surface area contributed by atoms with Crippen LogP contribution in [0.1, 0.15) is 42.7 Å².